The second kappa shape index (κ2) is 8.15. The van der Waals surface area contributed by atoms with Crippen LogP contribution < -0.4 is 10.2 Å². The summed E-state index contributed by atoms with van der Waals surface area (Å²) in [7, 11) is 0. The van der Waals surface area contributed by atoms with Crippen molar-refractivity contribution in [1.82, 2.24) is 0 Å². The van der Waals surface area contributed by atoms with Crippen LogP contribution in [0.3, 0.4) is 0 Å². The lowest BCUT2D eigenvalue weighted by Crippen LogP contribution is -2.43. The van der Waals surface area contributed by atoms with Gasteiger partial charge in [-0.3, -0.25) is 9.59 Å². The van der Waals surface area contributed by atoms with Gasteiger partial charge in [0.1, 0.15) is 6.29 Å². The Morgan fingerprint density at radius 1 is 1.00 bits per heavy atom. The fraction of sp³-hybridized carbons (Fsp3) is 0.231. The number of carbonyl (C=O) groups is 2. The van der Waals surface area contributed by atoms with E-state index in [1.54, 1.807) is 6.92 Å². The summed E-state index contributed by atoms with van der Waals surface area (Å²) in [5, 5.41) is 3.67. The number of hydrogen-bond donors (Lipinski definition) is 1. The molecule has 4 rings (SSSR count). The van der Waals surface area contributed by atoms with E-state index in [0.29, 0.717) is 5.56 Å². The predicted molar refractivity (Wildman–Crippen MR) is 122 cm³/mol. The topological polar surface area (TPSA) is 49.4 Å². The first-order chi connectivity index (χ1) is 14.5. The third-order valence-corrected chi connectivity index (χ3v) is 5.79. The molecule has 0 saturated carbocycles. The van der Waals surface area contributed by atoms with Gasteiger partial charge in [0.15, 0.2) is 0 Å². The molecule has 3 aromatic carbocycles. The van der Waals surface area contributed by atoms with Crippen LogP contribution in [0.4, 0.5) is 11.4 Å². The second-order valence-corrected chi connectivity index (χ2v) is 8.05. The molecule has 0 aromatic heterocycles. The highest BCUT2D eigenvalue weighted by atomic mass is 16.2. The Morgan fingerprint density at radius 3 is 2.30 bits per heavy atom. The molecule has 1 N–H and O–H groups in total. The number of nitrogens with zero attached hydrogens (tertiary/aromatic N) is 1. The van der Waals surface area contributed by atoms with Crippen LogP contribution >= 0.6 is 0 Å². The summed E-state index contributed by atoms with van der Waals surface area (Å²) in [5.41, 5.74) is 7.14. The maximum atomic E-state index is 12.4. The van der Waals surface area contributed by atoms with Crippen molar-refractivity contribution in [2.24, 2.45) is 0 Å². The van der Waals surface area contributed by atoms with Gasteiger partial charge in [0, 0.05) is 29.9 Å². The Morgan fingerprint density at radius 2 is 1.67 bits per heavy atom. The Hall–Kier alpha value is -3.40. The first-order valence-corrected chi connectivity index (χ1v) is 10.3. The van der Waals surface area contributed by atoms with Crippen LogP contribution in [0.1, 0.15) is 47.8 Å². The smallest absolute Gasteiger partial charge is 0.224 e. The molecule has 152 valence electrons. The summed E-state index contributed by atoms with van der Waals surface area (Å²) in [4.78, 5) is 25.2. The number of nitrogens with one attached hydrogen (secondary N) is 1. The van der Waals surface area contributed by atoms with Crippen LogP contribution in [0.2, 0.25) is 0 Å². The Kier molecular flexibility index (Phi) is 5.40. The average Bonchev–Trinajstić information content (AvgIpc) is 2.75. The van der Waals surface area contributed by atoms with Gasteiger partial charge in [-0.2, -0.15) is 0 Å². The van der Waals surface area contributed by atoms with Gasteiger partial charge in [-0.1, -0.05) is 48.0 Å². The van der Waals surface area contributed by atoms with E-state index in [0.717, 1.165) is 40.8 Å². The van der Waals surface area contributed by atoms with Gasteiger partial charge in [0.25, 0.3) is 0 Å². The highest BCUT2D eigenvalue weighted by Gasteiger charge is 2.32. The zero-order valence-electron chi connectivity index (χ0n) is 17.6. The van der Waals surface area contributed by atoms with Crippen molar-refractivity contribution in [3.63, 3.8) is 0 Å². The third-order valence-electron chi connectivity index (χ3n) is 5.79. The van der Waals surface area contributed by atoms with Gasteiger partial charge < -0.3 is 10.2 Å². The fourth-order valence-corrected chi connectivity index (χ4v) is 4.27. The molecular weight excluding hydrogens is 372 g/mol. The van der Waals surface area contributed by atoms with Crippen molar-refractivity contribution < 1.29 is 9.59 Å². The van der Waals surface area contributed by atoms with E-state index in [4.69, 9.17) is 0 Å². The molecular formula is C26H26N2O2. The van der Waals surface area contributed by atoms with E-state index in [-0.39, 0.29) is 18.0 Å². The molecule has 0 spiro atoms. The molecule has 1 amide bonds. The molecule has 0 unspecified atom stereocenters. The van der Waals surface area contributed by atoms with Gasteiger partial charge in [0.2, 0.25) is 5.91 Å². The standard InChI is InChI=1S/C26H26N2O2/c1-17-4-11-23(12-5-17)27-25-14-18(2)28(19(3)30)26-13-10-22(15-24(25)26)21-8-6-20(16-29)7-9-21/h4-13,15-16,18,25,27H,14H2,1-3H3/t18-,25+/m0/s1. The Labute approximate surface area is 177 Å². The summed E-state index contributed by atoms with van der Waals surface area (Å²) in [5.74, 6) is 0.0561. The fourth-order valence-electron chi connectivity index (χ4n) is 4.27. The molecule has 0 aliphatic carbocycles. The number of anilines is 2. The number of aldehydes is 1. The van der Waals surface area contributed by atoms with Crippen molar-refractivity contribution in [2.75, 3.05) is 10.2 Å². The normalized spacial score (nSPS) is 17.9. The summed E-state index contributed by atoms with van der Waals surface area (Å²) in [6.07, 6.45) is 1.68. The quantitative estimate of drug-likeness (QED) is 0.567. The van der Waals surface area contributed by atoms with Gasteiger partial charge in [-0.15, -0.1) is 0 Å². The van der Waals surface area contributed by atoms with Crippen molar-refractivity contribution in [3.8, 4) is 11.1 Å². The number of carbonyl (C=O) groups excluding carboxylic acids is 2. The summed E-state index contributed by atoms with van der Waals surface area (Å²) in [6, 6.07) is 22.4. The molecule has 1 heterocycles. The molecule has 0 bridgehead atoms. The first kappa shape index (κ1) is 19.9. The maximum Gasteiger partial charge on any atom is 0.224 e. The Bertz CT molecular complexity index is 1070. The SMILES string of the molecule is CC(=O)N1c2ccc(-c3ccc(C=O)cc3)cc2[C@H](Nc2ccc(C)cc2)C[C@@H]1C. The largest absolute Gasteiger partial charge is 0.378 e. The lowest BCUT2D eigenvalue weighted by molar-refractivity contribution is -0.117. The third kappa shape index (κ3) is 3.86. The highest BCUT2D eigenvalue weighted by molar-refractivity contribution is 5.94. The van der Waals surface area contributed by atoms with E-state index in [1.165, 1.54) is 5.56 Å². The summed E-state index contributed by atoms with van der Waals surface area (Å²) >= 11 is 0. The molecule has 4 nitrogen and oxygen atoms in total. The van der Waals surface area contributed by atoms with Crippen molar-refractivity contribution in [2.45, 2.75) is 39.3 Å². The van der Waals surface area contributed by atoms with E-state index in [1.807, 2.05) is 41.3 Å². The van der Waals surface area contributed by atoms with Crippen LogP contribution in [0.15, 0.2) is 66.7 Å². The summed E-state index contributed by atoms with van der Waals surface area (Å²) in [6.45, 7) is 5.80. The number of aryl methyl sites for hydroxylation is 1. The summed E-state index contributed by atoms with van der Waals surface area (Å²) < 4.78 is 0. The zero-order chi connectivity index (χ0) is 21.3. The molecule has 0 fully saturated rings. The first-order valence-electron chi connectivity index (χ1n) is 10.3. The van der Waals surface area contributed by atoms with E-state index in [2.05, 4.69) is 49.5 Å². The molecule has 0 saturated heterocycles. The molecule has 3 aromatic rings. The Balaban J connectivity index is 1.76. The van der Waals surface area contributed by atoms with Crippen molar-refractivity contribution in [3.05, 3.63) is 83.4 Å². The highest BCUT2D eigenvalue weighted by Crippen LogP contribution is 2.41. The average molecular weight is 399 g/mol. The molecule has 0 radical (unpaired) electrons. The molecule has 4 heteroatoms. The minimum absolute atomic E-state index is 0.0561. The number of rotatable bonds is 4. The van der Waals surface area contributed by atoms with Crippen LogP contribution in [0, 0.1) is 6.92 Å². The molecule has 30 heavy (non-hydrogen) atoms. The van der Waals surface area contributed by atoms with Crippen LogP contribution in [0.25, 0.3) is 11.1 Å². The van der Waals surface area contributed by atoms with E-state index >= 15 is 0 Å². The minimum Gasteiger partial charge on any atom is -0.378 e. The van der Waals surface area contributed by atoms with E-state index in [9.17, 15) is 9.59 Å². The van der Waals surface area contributed by atoms with Crippen molar-refractivity contribution >= 4 is 23.6 Å². The lowest BCUT2D eigenvalue weighted by Gasteiger charge is -2.39. The number of benzene rings is 3. The number of hydrogen-bond acceptors (Lipinski definition) is 3. The monoisotopic (exact) mass is 398 g/mol. The van der Waals surface area contributed by atoms with Gasteiger partial charge in [-0.05, 0) is 61.2 Å². The van der Waals surface area contributed by atoms with Crippen LogP contribution in [0.5, 0.6) is 0 Å². The van der Waals surface area contributed by atoms with Crippen LogP contribution in [-0.4, -0.2) is 18.2 Å². The lowest BCUT2D eigenvalue weighted by atomic mass is 9.88. The predicted octanol–water partition coefficient (Wildman–Crippen LogP) is 5.77. The van der Waals surface area contributed by atoms with Crippen molar-refractivity contribution in [1.29, 1.82) is 0 Å². The van der Waals surface area contributed by atoms with Crippen LogP contribution in [-0.2, 0) is 4.79 Å². The minimum atomic E-state index is 0.0561. The zero-order valence-corrected chi connectivity index (χ0v) is 17.6. The van der Waals surface area contributed by atoms with E-state index < -0.39 is 0 Å². The maximum absolute atomic E-state index is 12.4. The van der Waals surface area contributed by atoms with Gasteiger partial charge >= 0.3 is 0 Å². The number of amides is 1. The second-order valence-electron chi connectivity index (χ2n) is 8.05. The van der Waals surface area contributed by atoms with Gasteiger partial charge in [0.05, 0.1) is 6.04 Å². The molecule has 1 aliphatic heterocycles. The molecule has 2 atom stereocenters. The van der Waals surface area contributed by atoms with Gasteiger partial charge in [-0.25, -0.2) is 0 Å². The molecule has 1 aliphatic rings. The number of fused-ring (bicyclic) bond motifs is 1.